The van der Waals surface area contributed by atoms with Gasteiger partial charge in [0.25, 0.3) is 5.91 Å². The molecule has 6 nitrogen and oxygen atoms in total. The van der Waals surface area contributed by atoms with E-state index in [1.165, 1.54) is 0 Å². The first-order valence-electron chi connectivity index (χ1n) is 8.77. The lowest BCUT2D eigenvalue weighted by Gasteiger charge is -2.08. The maximum Gasteiger partial charge on any atom is 0.252 e. The maximum absolute atomic E-state index is 12.6. The topological polar surface area (TPSA) is 69.0 Å². The SMILES string of the molecule is Cc1cc(C(=O)NCCCOCc2ccccc2)c2c(C)nn(C)c2n1. The number of ether oxygens (including phenoxy) is 1. The molecule has 3 aromatic rings. The van der Waals surface area contributed by atoms with Crippen LogP contribution in [0.15, 0.2) is 36.4 Å². The summed E-state index contributed by atoms with van der Waals surface area (Å²) in [5.74, 6) is -0.0975. The van der Waals surface area contributed by atoms with Crippen LogP contribution < -0.4 is 5.32 Å². The number of nitrogens with one attached hydrogen (secondary N) is 1. The highest BCUT2D eigenvalue weighted by atomic mass is 16.5. The van der Waals surface area contributed by atoms with Gasteiger partial charge in [-0.3, -0.25) is 9.48 Å². The van der Waals surface area contributed by atoms with Gasteiger partial charge in [-0.15, -0.1) is 0 Å². The molecular formula is C20H24N4O2. The van der Waals surface area contributed by atoms with Crippen molar-refractivity contribution in [1.82, 2.24) is 20.1 Å². The predicted molar refractivity (Wildman–Crippen MR) is 101 cm³/mol. The summed E-state index contributed by atoms with van der Waals surface area (Å²) in [5, 5.41) is 8.16. The minimum atomic E-state index is -0.0975. The Kier molecular flexibility index (Phi) is 5.63. The van der Waals surface area contributed by atoms with Gasteiger partial charge >= 0.3 is 0 Å². The third-order valence-electron chi connectivity index (χ3n) is 4.20. The second-order valence-electron chi connectivity index (χ2n) is 6.37. The van der Waals surface area contributed by atoms with E-state index in [0.29, 0.717) is 25.3 Å². The molecule has 6 heteroatoms. The number of hydrogen-bond acceptors (Lipinski definition) is 4. The Morgan fingerprint density at radius 3 is 2.77 bits per heavy atom. The number of fused-ring (bicyclic) bond motifs is 1. The van der Waals surface area contributed by atoms with Gasteiger partial charge in [-0.25, -0.2) is 4.98 Å². The van der Waals surface area contributed by atoms with Crippen molar-refractivity contribution < 1.29 is 9.53 Å². The molecule has 26 heavy (non-hydrogen) atoms. The molecule has 2 heterocycles. The molecule has 0 saturated carbocycles. The predicted octanol–water partition coefficient (Wildman–Crippen LogP) is 2.92. The Morgan fingerprint density at radius 1 is 1.23 bits per heavy atom. The Bertz CT molecular complexity index is 903. The van der Waals surface area contributed by atoms with Crippen molar-refractivity contribution in [2.24, 2.45) is 7.05 Å². The van der Waals surface area contributed by atoms with Crippen LogP contribution in [0.5, 0.6) is 0 Å². The lowest BCUT2D eigenvalue weighted by molar-refractivity contribution is 0.0936. The molecule has 0 saturated heterocycles. The van der Waals surface area contributed by atoms with E-state index in [0.717, 1.165) is 34.4 Å². The van der Waals surface area contributed by atoms with Gasteiger partial charge in [0, 0.05) is 25.9 Å². The molecule has 0 unspecified atom stereocenters. The van der Waals surface area contributed by atoms with E-state index >= 15 is 0 Å². The standard InChI is InChI=1S/C20H24N4O2/c1-14-12-17(18-15(2)23-24(3)19(18)22-14)20(25)21-10-7-11-26-13-16-8-5-4-6-9-16/h4-6,8-9,12H,7,10-11,13H2,1-3H3,(H,21,25). The number of benzene rings is 1. The first-order chi connectivity index (χ1) is 12.6. The normalized spacial score (nSPS) is 11.0. The fourth-order valence-corrected chi connectivity index (χ4v) is 2.98. The summed E-state index contributed by atoms with van der Waals surface area (Å²) in [6.07, 6.45) is 0.762. The molecule has 0 bridgehead atoms. The van der Waals surface area contributed by atoms with Crippen molar-refractivity contribution in [3.63, 3.8) is 0 Å². The van der Waals surface area contributed by atoms with Crippen LogP contribution in [0.25, 0.3) is 11.0 Å². The monoisotopic (exact) mass is 352 g/mol. The summed E-state index contributed by atoms with van der Waals surface area (Å²) in [7, 11) is 1.84. The van der Waals surface area contributed by atoms with Gasteiger partial charge in [-0.2, -0.15) is 5.10 Å². The fraction of sp³-hybridized carbons (Fsp3) is 0.350. The van der Waals surface area contributed by atoms with Crippen LogP contribution in [0.1, 0.15) is 33.7 Å². The molecule has 1 N–H and O–H groups in total. The largest absolute Gasteiger partial charge is 0.377 e. The number of carbonyl (C=O) groups excluding carboxylic acids is 1. The summed E-state index contributed by atoms with van der Waals surface area (Å²) in [6.45, 7) is 5.54. The van der Waals surface area contributed by atoms with E-state index < -0.39 is 0 Å². The third-order valence-corrected chi connectivity index (χ3v) is 4.20. The van der Waals surface area contributed by atoms with E-state index in [9.17, 15) is 4.79 Å². The van der Waals surface area contributed by atoms with Crippen molar-refractivity contribution in [3.8, 4) is 0 Å². The van der Waals surface area contributed by atoms with Gasteiger partial charge in [0.1, 0.15) is 0 Å². The quantitative estimate of drug-likeness (QED) is 0.664. The second kappa shape index (κ2) is 8.10. The van der Waals surface area contributed by atoms with Gasteiger partial charge in [-0.05, 0) is 31.9 Å². The van der Waals surface area contributed by atoms with Gasteiger partial charge in [0.05, 0.1) is 23.3 Å². The van der Waals surface area contributed by atoms with E-state index in [-0.39, 0.29) is 5.91 Å². The minimum absolute atomic E-state index is 0.0975. The number of aromatic nitrogens is 3. The molecule has 3 rings (SSSR count). The first-order valence-corrected chi connectivity index (χ1v) is 8.77. The van der Waals surface area contributed by atoms with Crippen molar-refractivity contribution >= 4 is 16.9 Å². The molecule has 0 atom stereocenters. The average Bonchev–Trinajstić information content (AvgIpc) is 2.92. The highest BCUT2D eigenvalue weighted by molar-refractivity contribution is 6.06. The summed E-state index contributed by atoms with van der Waals surface area (Å²) in [4.78, 5) is 17.1. The molecule has 0 radical (unpaired) electrons. The zero-order valence-corrected chi connectivity index (χ0v) is 15.5. The zero-order chi connectivity index (χ0) is 18.5. The van der Waals surface area contributed by atoms with E-state index in [1.807, 2.05) is 57.3 Å². The molecule has 0 aliphatic heterocycles. The number of carbonyl (C=O) groups is 1. The van der Waals surface area contributed by atoms with Gasteiger partial charge in [-0.1, -0.05) is 30.3 Å². The van der Waals surface area contributed by atoms with Crippen LogP contribution in [0, 0.1) is 13.8 Å². The fourth-order valence-electron chi connectivity index (χ4n) is 2.98. The molecule has 1 aromatic carbocycles. The second-order valence-corrected chi connectivity index (χ2v) is 6.37. The van der Waals surface area contributed by atoms with Crippen molar-refractivity contribution in [1.29, 1.82) is 0 Å². The Labute approximate surface area is 153 Å². The van der Waals surface area contributed by atoms with Crippen LogP contribution in [0.4, 0.5) is 0 Å². The van der Waals surface area contributed by atoms with Crippen molar-refractivity contribution in [2.45, 2.75) is 26.9 Å². The summed E-state index contributed by atoms with van der Waals surface area (Å²) in [6, 6.07) is 11.9. The van der Waals surface area contributed by atoms with Crippen LogP contribution >= 0.6 is 0 Å². The molecule has 1 amide bonds. The molecule has 0 fully saturated rings. The Morgan fingerprint density at radius 2 is 2.00 bits per heavy atom. The zero-order valence-electron chi connectivity index (χ0n) is 15.5. The molecule has 0 spiro atoms. The number of nitrogens with zero attached hydrogens (tertiary/aromatic N) is 3. The minimum Gasteiger partial charge on any atom is -0.377 e. The van der Waals surface area contributed by atoms with Crippen LogP contribution in [-0.4, -0.2) is 33.8 Å². The number of pyridine rings is 1. The van der Waals surface area contributed by atoms with Crippen LogP contribution in [-0.2, 0) is 18.4 Å². The highest BCUT2D eigenvalue weighted by Gasteiger charge is 2.17. The molecule has 0 aliphatic rings. The molecule has 2 aromatic heterocycles. The average molecular weight is 352 g/mol. The smallest absolute Gasteiger partial charge is 0.252 e. The van der Waals surface area contributed by atoms with Crippen LogP contribution in [0.3, 0.4) is 0 Å². The first kappa shape index (κ1) is 18.1. The third kappa shape index (κ3) is 4.08. The number of aryl methyl sites for hydroxylation is 3. The molecule has 136 valence electrons. The molecule has 0 aliphatic carbocycles. The van der Waals surface area contributed by atoms with E-state index in [4.69, 9.17) is 4.74 Å². The van der Waals surface area contributed by atoms with Crippen molar-refractivity contribution in [3.05, 3.63) is 58.9 Å². The Balaban J connectivity index is 1.53. The number of amides is 1. The summed E-state index contributed by atoms with van der Waals surface area (Å²) in [5.41, 5.74) is 4.13. The van der Waals surface area contributed by atoms with Gasteiger partial charge in [0.2, 0.25) is 0 Å². The lowest BCUT2D eigenvalue weighted by Crippen LogP contribution is -2.25. The van der Waals surface area contributed by atoms with E-state index in [1.54, 1.807) is 4.68 Å². The van der Waals surface area contributed by atoms with Gasteiger partial charge < -0.3 is 10.1 Å². The van der Waals surface area contributed by atoms with Crippen molar-refractivity contribution in [2.75, 3.05) is 13.2 Å². The summed E-state index contributed by atoms with van der Waals surface area (Å²) >= 11 is 0. The van der Waals surface area contributed by atoms with Crippen LogP contribution in [0.2, 0.25) is 0 Å². The van der Waals surface area contributed by atoms with E-state index in [2.05, 4.69) is 15.4 Å². The number of hydrogen-bond donors (Lipinski definition) is 1. The summed E-state index contributed by atoms with van der Waals surface area (Å²) < 4.78 is 7.36. The number of rotatable bonds is 7. The maximum atomic E-state index is 12.6. The lowest BCUT2D eigenvalue weighted by atomic mass is 10.1. The molecular weight excluding hydrogens is 328 g/mol. The Hall–Kier alpha value is -2.73. The highest BCUT2D eigenvalue weighted by Crippen LogP contribution is 2.21. The van der Waals surface area contributed by atoms with Gasteiger partial charge in [0.15, 0.2) is 5.65 Å².